The number of piperazine rings is 1. The normalized spacial score (nSPS) is 25.6. The van der Waals surface area contributed by atoms with Gasteiger partial charge in [-0.25, -0.2) is 14.4 Å². The van der Waals surface area contributed by atoms with E-state index in [1.807, 2.05) is 35.2 Å². The molecule has 2 bridgehead atoms. The molecule has 4 aromatic rings. The van der Waals surface area contributed by atoms with Crippen molar-refractivity contribution < 1.29 is 9.13 Å². The molecule has 266 valence electrons. The van der Waals surface area contributed by atoms with Gasteiger partial charge >= 0.3 is 0 Å². The molecule has 3 saturated carbocycles. The van der Waals surface area contributed by atoms with Crippen LogP contribution in [0.5, 0.6) is 5.75 Å². The van der Waals surface area contributed by atoms with Crippen molar-refractivity contribution in [2.45, 2.75) is 78.6 Å². The van der Waals surface area contributed by atoms with Crippen molar-refractivity contribution >= 4 is 22.5 Å². The topological polar surface area (TPSA) is 112 Å². The van der Waals surface area contributed by atoms with Crippen molar-refractivity contribution in [2.24, 2.45) is 28.2 Å². The smallest absolute Gasteiger partial charge is 0.261 e. The molecule has 6 atom stereocenters. The van der Waals surface area contributed by atoms with Gasteiger partial charge in [0, 0.05) is 49.3 Å². The molecular weight excluding hydrogens is 643 g/mol. The Morgan fingerprint density at radius 3 is 2.55 bits per heavy atom. The molecule has 2 aromatic carbocycles. The van der Waals surface area contributed by atoms with Gasteiger partial charge in [0.15, 0.2) is 12.2 Å². The highest BCUT2D eigenvalue weighted by atomic mass is 19.1. The van der Waals surface area contributed by atoms with Gasteiger partial charge < -0.3 is 19.9 Å². The molecule has 1 saturated heterocycles. The highest BCUT2D eigenvalue weighted by Crippen LogP contribution is 2.61. The quantitative estimate of drug-likeness (QED) is 0.132. The average Bonchev–Trinajstić information content (AvgIpc) is 3.12. The van der Waals surface area contributed by atoms with Gasteiger partial charge in [-0.15, -0.1) is 0 Å². The van der Waals surface area contributed by atoms with Crippen LogP contribution in [0.1, 0.15) is 53.0 Å². The van der Waals surface area contributed by atoms with Crippen LogP contribution in [-0.2, 0) is 13.0 Å². The molecule has 3 aliphatic carbocycles. The van der Waals surface area contributed by atoms with E-state index in [1.54, 1.807) is 29.1 Å². The SMILES string of the molecule is COc1ccc(CCn2c(-c3cccnc3)nc3cc(N/C(=N/[C@H]4C[C@@H]5C[C@H]([C@@H]4C)C5(C)C)N4C[C@@H](C)N(C#N)[C@@H](C)C4)ccc3c2=O)c(F)c1. The van der Waals surface area contributed by atoms with Crippen molar-refractivity contribution in [3.8, 4) is 23.3 Å². The Kier molecular flexibility index (Phi) is 9.21. The van der Waals surface area contributed by atoms with E-state index >= 15 is 0 Å². The standard InChI is InChI=1S/C40H47FN8O2/c1-24-21-47(22-25(2)49(24)23-42)39(46-35-17-29-16-33(26(35)3)40(29,4)5)44-30-10-12-32-36(18-30)45-37(28-8-7-14-43-20-28)48(38(32)50)15-13-27-9-11-31(51-6)19-34(27)41/h7-12,14,18-20,24-26,29,33,35H,13,15-17,21-22H2,1-6H3,(H,44,46)/t24-,25+,26-,29-,33+,35-/m0/s1. The summed E-state index contributed by atoms with van der Waals surface area (Å²) in [5.74, 6) is 3.10. The van der Waals surface area contributed by atoms with Gasteiger partial charge in [0.25, 0.3) is 5.56 Å². The van der Waals surface area contributed by atoms with Gasteiger partial charge in [0.1, 0.15) is 17.4 Å². The van der Waals surface area contributed by atoms with Gasteiger partial charge in [-0.05, 0) is 98.2 Å². The number of methoxy groups -OCH3 is 1. The zero-order valence-corrected chi connectivity index (χ0v) is 30.3. The summed E-state index contributed by atoms with van der Waals surface area (Å²) in [6, 6.07) is 14.3. The first-order valence-corrected chi connectivity index (χ1v) is 18.0. The monoisotopic (exact) mass is 690 g/mol. The van der Waals surface area contributed by atoms with Crippen LogP contribution >= 0.6 is 0 Å². The lowest BCUT2D eigenvalue weighted by atomic mass is 9.45. The first-order valence-electron chi connectivity index (χ1n) is 18.0. The number of ether oxygens (including phenoxy) is 1. The summed E-state index contributed by atoms with van der Waals surface area (Å²) in [6.45, 7) is 12.9. The van der Waals surface area contributed by atoms with E-state index in [9.17, 15) is 14.4 Å². The number of pyridine rings is 1. The van der Waals surface area contributed by atoms with E-state index in [2.05, 4.69) is 56.0 Å². The zero-order chi connectivity index (χ0) is 36.0. The maximum Gasteiger partial charge on any atom is 0.261 e. The first-order chi connectivity index (χ1) is 24.5. The predicted molar refractivity (Wildman–Crippen MR) is 198 cm³/mol. The van der Waals surface area contributed by atoms with E-state index in [1.165, 1.54) is 19.6 Å². The summed E-state index contributed by atoms with van der Waals surface area (Å²) < 4.78 is 21.6. The zero-order valence-electron chi connectivity index (χ0n) is 30.3. The molecule has 0 spiro atoms. The lowest BCUT2D eigenvalue weighted by Gasteiger charge is -2.61. The second-order valence-electron chi connectivity index (χ2n) is 15.3. The fourth-order valence-electron chi connectivity index (χ4n) is 8.78. The van der Waals surface area contributed by atoms with Crippen molar-refractivity contribution in [1.82, 2.24) is 24.3 Å². The molecule has 4 fully saturated rings. The van der Waals surface area contributed by atoms with E-state index in [-0.39, 0.29) is 36.0 Å². The van der Waals surface area contributed by atoms with Gasteiger partial charge in [0.2, 0.25) is 0 Å². The minimum Gasteiger partial charge on any atom is -0.497 e. The minimum absolute atomic E-state index is 0.0343. The van der Waals surface area contributed by atoms with Crippen molar-refractivity contribution in [3.63, 3.8) is 0 Å². The Morgan fingerprint density at radius 2 is 1.90 bits per heavy atom. The number of fused-ring (bicyclic) bond motifs is 3. The Hall–Kier alpha value is -4.98. The van der Waals surface area contributed by atoms with Gasteiger partial charge in [0.05, 0.1) is 36.1 Å². The predicted octanol–water partition coefficient (Wildman–Crippen LogP) is 6.56. The number of anilines is 1. The van der Waals surface area contributed by atoms with E-state index < -0.39 is 0 Å². The average molecular weight is 691 g/mol. The van der Waals surface area contributed by atoms with Gasteiger partial charge in [-0.2, -0.15) is 5.26 Å². The number of nitrogens with one attached hydrogen (secondary N) is 1. The van der Waals surface area contributed by atoms with Crippen LogP contribution in [0.15, 0.2) is 70.7 Å². The summed E-state index contributed by atoms with van der Waals surface area (Å²) in [6.07, 6.45) is 8.37. The summed E-state index contributed by atoms with van der Waals surface area (Å²) >= 11 is 0. The third-order valence-electron chi connectivity index (χ3n) is 11.9. The third kappa shape index (κ3) is 6.41. The van der Waals surface area contributed by atoms with E-state index in [0.29, 0.717) is 76.3 Å². The number of aryl methyl sites for hydroxylation is 1. The number of benzene rings is 2. The van der Waals surface area contributed by atoms with E-state index in [4.69, 9.17) is 14.7 Å². The van der Waals surface area contributed by atoms with Crippen molar-refractivity contribution in [2.75, 3.05) is 25.5 Å². The lowest BCUT2D eigenvalue weighted by molar-refractivity contribution is -0.108. The fraction of sp³-hybridized carbons (Fsp3) is 0.475. The molecule has 0 amide bonds. The number of aromatic nitrogens is 3. The van der Waals surface area contributed by atoms with Crippen molar-refractivity contribution in [3.05, 3.63) is 82.7 Å². The molecule has 4 aliphatic rings. The molecular formula is C40H47FN8O2. The maximum atomic E-state index is 14.9. The summed E-state index contributed by atoms with van der Waals surface area (Å²) in [4.78, 5) is 33.0. The number of halogens is 1. The first kappa shape index (κ1) is 34.5. The number of guanidine groups is 1. The Labute approximate surface area is 299 Å². The van der Waals surface area contributed by atoms with E-state index in [0.717, 1.165) is 18.1 Å². The molecule has 11 heteroatoms. The van der Waals surface area contributed by atoms with Crippen molar-refractivity contribution in [1.29, 1.82) is 5.26 Å². The number of nitrogens with zero attached hydrogens (tertiary/aromatic N) is 7. The second kappa shape index (κ2) is 13.6. The number of hydrogen-bond acceptors (Lipinski definition) is 7. The summed E-state index contributed by atoms with van der Waals surface area (Å²) in [5, 5.41) is 13.9. The van der Waals surface area contributed by atoms with Crippen LogP contribution in [0.2, 0.25) is 0 Å². The molecule has 10 nitrogen and oxygen atoms in total. The number of nitriles is 1. The molecule has 0 unspecified atom stereocenters. The fourth-order valence-corrected chi connectivity index (χ4v) is 8.78. The highest BCUT2D eigenvalue weighted by molar-refractivity contribution is 5.96. The Morgan fingerprint density at radius 1 is 1.12 bits per heavy atom. The largest absolute Gasteiger partial charge is 0.497 e. The molecule has 0 radical (unpaired) electrons. The third-order valence-corrected chi connectivity index (χ3v) is 11.9. The molecule has 3 heterocycles. The molecule has 51 heavy (non-hydrogen) atoms. The molecule has 2 aromatic heterocycles. The molecule has 8 rings (SSSR count). The second-order valence-corrected chi connectivity index (χ2v) is 15.3. The van der Waals surface area contributed by atoms with Crippen LogP contribution in [0.4, 0.5) is 10.1 Å². The molecule has 1 N–H and O–H groups in total. The minimum atomic E-state index is -0.381. The van der Waals surface area contributed by atoms with Gasteiger partial charge in [-0.1, -0.05) is 26.8 Å². The number of aliphatic imine (C=N–C) groups is 1. The van der Waals surface area contributed by atoms with Crippen LogP contribution in [0.25, 0.3) is 22.3 Å². The summed E-state index contributed by atoms with van der Waals surface area (Å²) in [5.41, 5.74) is 2.64. The number of rotatable bonds is 7. The van der Waals surface area contributed by atoms with Crippen LogP contribution in [0, 0.1) is 40.4 Å². The van der Waals surface area contributed by atoms with Crippen LogP contribution in [-0.4, -0.2) is 68.6 Å². The van der Waals surface area contributed by atoms with Crippen LogP contribution in [0.3, 0.4) is 0 Å². The Balaban J connectivity index is 1.24. The lowest BCUT2D eigenvalue weighted by Crippen LogP contribution is -2.59. The number of hydrogen-bond donors (Lipinski definition) is 1. The van der Waals surface area contributed by atoms with Crippen LogP contribution < -0.4 is 15.6 Å². The summed E-state index contributed by atoms with van der Waals surface area (Å²) in [7, 11) is 1.50. The Bertz CT molecular complexity index is 2050. The molecule has 1 aliphatic heterocycles. The highest BCUT2D eigenvalue weighted by Gasteiger charge is 2.56. The van der Waals surface area contributed by atoms with Gasteiger partial charge in [-0.3, -0.25) is 14.3 Å². The maximum absolute atomic E-state index is 14.9.